The number of fused-ring (bicyclic) bond motifs is 1. The standard InChI is InChI=1S/C22H30N4O/c1-24(2)21-10-5-16(11-23-21)12-26-14-18-13-25(3)22(20(18)15-26)17-6-8-19(27-4)9-7-17/h5-11,18,20,22H,12-15H2,1-4H3/t18-,20+,22+/m0/s1. The van der Waals surface area contributed by atoms with E-state index in [1.807, 2.05) is 25.2 Å². The Hall–Kier alpha value is -2.11. The van der Waals surface area contributed by atoms with Crippen molar-refractivity contribution in [3.05, 3.63) is 53.7 Å². The summed E-state index contributed by atoms with van der Waals surface area (Å²) in [6, 6.07) is 13.5. The van der Waals surface area contributed by atoms with Gasteiger partial charge >= 0.3 is 0 Å². The third kappa shape index (κ3) is 3.66. The molecule has 5 heteroatoms. The summed E-state index contributed by atoms with van der Waals surface area (Å²) in [5.41, 5.74) is 2.71. The first-order chi connectivity index (χ1) is 13.0. The molecule has 2 fully saturated rings. The van der Waals surface area contributed by atoms with Gasteiger partial charge in [0, 0.05) is 52.5 Å². The lowest BCUT2D eigenvalue weighted by Crippen LogP contribution is -2.29. The number of methoxy groups -OCH3 is 1. The first-order valence-corrected chi connectivity index (χ1v) is 9.74. The van der Waals surface area contributed by atoms with Crippen molar-refractivity contribution in [3.63, 3.8) is 0 Å². The molecule has 0 N–H and O–H groups in total. The molecule has 0 saturated carbocycles. The topological polar surface area (TPSA) is 31.8 Å². The molecule has 0 bridgehead atoms. The van der Waals surface area contributed by atoms with Gasteiger partial charge in [0.2, 0.25) is 0 Å². The molecule has 2 aliphatic rings. The van der Waals surface area contributed by atoms with Gasteiger partial charge in [0.25, 0.3) is 0 Å². The number of hydrogen-bond acceptors (Lipinski definition) is 5. The van der Waals surface area contributed by atoms with Gasteiger partial charge in [0.1, 0.15) is 11.6 Å². The first kappa shape index (κ1) is 18.3. The van der Waals surface area contributed by atoms with E-state index in [2.05, 4.69) is 58.2 Å². The highest BCUT2D eigenvalue weighted by molar-refractivity contribution is 5.37. The van der Waals surface area contributed by atoms with E-state index in [-0.39, 0.29) is 0 Å². The molecule has 2 aromatic rings. The van der Waals surface area contributed by atoms with Gasteiger partial charge in [-0.25, -0.2) is 4.98 Å². The van der Waals surface area contributed by atoms with Crippen molar-refractivity contribution in [3.8, 4) is 5.75 Å². The van der Waals surface area contributed by atoms with Gasteiger partial charge in [-0.1, -0.05) is 18.2 Å². The Morgan fingerprint density at radius 1 is 1.07 bits per heavy atom. The third-order valence-corrected chi connectivity index (χ3v) is 6.10. The van der Waals surface area contributed by atoms with E-state index < -0.39 is 0 Å². The number of rotatable bonds is 5. The number of pyridine rings is 1. The van der Waals surface area contributed by atoms with E-state index in [1.165, 1.54) is 24.2 Å². The SMILES string of the molecule is COc1ccc([C@@H]2[C@@H]3CN(Cc4ccc(N(C)C)nc4)C[C@@H]3CN2C)cc1. The van der Waals surface area contributed by atoms with Crippen molar-refractivity contribution < 1.29 is 4.74 Å². The minimum Gasteiger partial charge on any atom is -0.497 e. The maximum absolute atomic E-state index is 5.32. The highest BCUT2D eigenvalue weighted by atomic mass is 16.5. The van der Waals surface area contributed by atoms with Crippen LogP contribution in [0.25, 0.3) is 0 Å². The summed E-state index contributed by atoms with van der Waals surface area (Å²) in [4.78, 5) is 11.7. The van der Waals surface area contributed by atoms with Crippen molar-refractivity contribution in [2.24, 2.45) is 11.8 Å². The minimum atomic E-state index is 0.500. The second kappa shape index (κ2) is 7.49. The minimum absolute atomic E-state index is 0.500. The molecule has 3 heterocycles. The molecule has 0 spiro atoms. The zero-order chi connectivity index (χ0) is 19.0. The number of nitrogens with zero attached hydrogens (tertiary/aromatic N) is 4. The Kier molecular flexibility index (Phi) is 5.06. The van der Waals surface area contributed by atoms with E-state index in [4.69, 9.17) is 4.74 Å². The number of benzene rings is 1. The number of likely N-dealkylation sites (tertiary alicyclic amines) is 2. The summed E-state index contributed by atoms with van der Waals surface area (Å²) in [6.07, 6.45) is 2.02. The van der Waals surface area contributed by atoms with E-state index >= 15 is 0 Å². The molecule has 2 aliphatic heterocycles. The van der Waals surface area contributed by atoms with Crippen LogP contribution in [0.4, 0.5) is 5.82 Å². The molecule has 1 aromatic carbocycles. The van der Waals surface area contributed by atoms with Gasteiger partial charge in [0.05, 0.1) is 7.11 Å². The maximum Gasteiger partial charge on any atom is 0.127 e. The highest BCUT2D eigenvalue weighted by Crippen LogP contribution is 2.44. The fourth-order valence-electron chi connectivity index (χ4n) is 4.81. The van der Waals surface area contributed by atoms with Crippen molar-refractivity contribution in [2.75, 3.05) is 52.8 Å². The summed E-state index contributed by atoms with van der Waals surface area (Å²) in [7, 11) is 8.04. The van der Waals surface area contributed by atoms with Gasteiger partial charge in [-0.05, 0) is 48.2 Å². The van der Waals surface area contributed by atoms with Crippen LogP contribution in [-0.4, -0.2) is 62.7 Å². The molecule has 1 aromatic heterocycles. The van der Waals surface area contributed by atoms with Crippen molar-refractivity contribution in [2.45, 2.75) is 12.6 Å². The van der Waals surface area contributed by atoms with E-state index in [0.717, 1.165) is 30.6 Å². The second-order valence-corrected chi connectivity index (χ2v) is 8.19. The number of aromatic nitrogens is 1. The van der Waals surface area contributed by atoms with Crippen LogP contribution in [0.3, 0.4) is 0 Å². The van der Waals surface area contributed by atoms with Gasteiger partial charge in [-0.3, -0.25) is 9.80 Å². The summed E-state index contributed by atoms with van der Waals surface area (Å²) < 4.78 is 5.32. The predicted molar refractivity (Wildman–Crippen MR) is 109 cm³/mol. The van der Waals surface area contributed by atoms with Crippen LogP contribution in [-0.2, 0) is 6.54 Å². The molecule has 2 saturated heterocycles. The normalized spacial score (nSPS) is 25.6. The first-order valence-electron chi connectivity index (χ1n) is 9.74. The third-order valence-electron chi connectivity index (χ3n) is 6.10. The largest absolute Gasteiger partial charge is 0.497 e. The highest BCUT2D eigenvalue weighted by Gasteiger charge is 2.45. The molecule has 27 heavy (non-hydrogen) atoms. The van der Waals surface area contributed by atoms with Crippen LogP contribution in [0, 0.1) is 11.8 Å². The molecule has 0 unspecified atom stereocenters. The lowest BCUT2D eigenvalue weighted by atomic mass is 9.89. The number of hydrogen-bond donors (Lipinski definition) is 0. The molecular weight excluding hydrogens is 336 g/mol. The van der Waals surface area contributed by atoms with Gasteiger partial charge in [-0.15, -0.1) is 0 Å². The summed E-state index contributed by atoms with van der Waals surface area (Å²) in [5.74, 6) is 3.38. The molecule has 0 amide bonds. The van der Waals surface area contributed by atoms with Crippen molar-refractivity contribution in [1.29, 1.82) is 0 Å². The van der Waals surface area contributed by atoms with E-state index in [1.54, 1.807) is 7.11 Å². The quantitative estimate of drug-likeness (QED) is 0.812. The van der Waals surface area contributed by atoms with Crippen LogP contribution >= 0.6 is 0 Å². The second-order valence-electron chi connectivity index (χ2n) is 8.19. The van der Waals surface area contributed by atoms with E-state index in [9.17, 15) is 0 Å². The molecule has 3 atom stereocenters. The molecule has 4 rings (SSSR count). The average Bonchev–Trinajstić information content (AvgIpc) is 3.18. The fourth-order valence-corrected chi connectivity index (χ4v) is 4.81. The number of anilines is 1. The Balaban J connectivity index is 1.44. The van der Waals surface area contributed by atoms with Crippen LogP contribution in [0.15, 0.2) is 42.6 Å². The molecule has 144 valence electrons. The maximum atomic E-state index is 5.32. The molecular formula is C22H30N4O. The lowest BCUT2D eigenvalue weighted by Gasteiger charge is -2.27. The van der Waals surface area contributed by atoms with E-state index in [0.29, 0.717) is 12.0 Å². The molecule has 0 aliphatic carbocycles. The van der Waals surface area contributed by atoms with Crippen LogP contribution in [0.5, 0.6) is 5.75 Å². The molecule has 5 nitrogen and oxygen atoms in total. The summed E-state index contributed by atoms with van der Waals surface area (Å²) in [6.45, 7) is 4.50. The predicted octanol–water partition coefficient (Wildman–Crippen LogP) is 2.89. The van der Waals surface area contributed by atoms with Crippen molar-refractivity contribution in [1.82, 2.24) is 14.8 Å². The smallest absolute Gasteiger partial charge is 0.127 e. The average molecular weight is 367 g/mol. The lowest BCUT2D eigenvalue weighted by molar-refractivity contribution is 0.224. The van der Waals surface area contributed by atoms with Crippen molar-refractivity contribution >= 4 is 5.82 Å². The van der Waals surface area contributed by atoms with Crippen LogP contribution < -0.4 is 9.64 Å². The van der Waals surface area contributed by atoms with Gasteiger partial charge in [0.15, 0.2) is 0 Å². The summed E-state index contributed by atoms with van der Waals surface area (Å²) in [5, 5.41) is 0. The monoisotopic (exact) mass is 366 g/mol. The van der Waals surface area contributed by atoms with Crippen LogP contribution in [0.1, 0.15) is 17.2 Å². The Bertz CT molecular complexity index is 759. The molecule has 0 radical (unpaired) electrons. The zero-order valence-corrected chi connectivity index (χ0v) is 16.8. The number of ether oxygens (including phenoxy) is 1. The van der Waals surface area contributed by atoms with Crippen LogP contribution in [0.2, 0.25) is 0 Å². The Morgan fingerprint density at radius 3 is 2.48 bits per heavy atom. The van der Waals surface area contributed by atoms with Gasteiger partial charge in [-0.2, -0.15) is 0 Å². The zero-order valence-electron chi connectivity index (χ0n) is 16.8. The fraction of sp³-hybridized carbons (Fsp3) is 0.500. The Morgan fingerprint density at radius 2 is 1.85 bits per heavy atom. The Labute approximate surface area is 162 Å². The summed E-state index contributed by atoms with van der Waals surface area (Å²) >= 11 is 0. The van der Waals surface area contributed by atoms with Gasteiger partial charge < -0.3 is 9.64 Å².